The zero-order valence-corrected chi connectivity index (χ0v) is 26.4. The van der Waals surface area contributed by atoms with Gasteiger partial charge in [0, 0.05) is 54.1 Å². The van der Waals surface area contributed by atoms with Crippen LogP contribution in [-0.4, -0.2) is 88.2 Å². The lowest BCUT2D eigenvalue weighted by Gasteiger charge is -2.50. The predicted octanol–water partition coefficient (Wildman–Crippen LogP) is 2.61. The highest BCUT2D eigenvalue weighted by atomic mass is 16.3. The van der Waals surface area contributed by atoms with Crippen molar-refractivity contribution in [1.29, 1.82) is 0 Å². The molecule has 4 atom stereocenters. The van der Waals surface area contributed by atoms with Gasteiger partial charge in [-0.25, -0.2) is 0 Å². The summed E-state index contributed by atoms with van der Waals surface area (Å²) >= 11 is 0. The molecule has 4 aliphatic rings. The molecule has 2 aromatic carbocycles. The number of likely N-dealkylation sites (N-methyl/N-ethyl adjacent to an activating group) is 1. The molecular formula is C34H42N4O7. The van der Waals surface area contributed by atoms with E-state index in [9.17, 15) is 34.8 Å². The summed E-state index contributed by atoms with van der Waals surface area (Å²) in [4.78, 5) is 43.3. The molecule has 4 aliphatic carbocycles. The van der Waals surface area contributed by atoms with Gasteiger partial charge in [-0.3, -0.25) is 19.3 Å². The second-order valence-electron chi connectivity index (χ2n) is 13.9. The van der Waals surface area contributed by atoms with Crippen molar-refractivity contribution in [2.75, 3.05) is 33.1 Å². The van der Waals surface area contributed by atoms with Crippen LogP contribution in [0.1, 0.15) is 55.7 Å². The third-order valence-corrected chi connectivity index (χ3v) is 10.6. The minimum Gasteiger partial charge on any atom is -0.508 e. The number of hydrogen-bond acceptors (Lipinski definition) is 10. The molecule has 2 aromatic rings. The van der Waals surface area contributed by atoms with Crippen LogP contribution >= 0.6 is 0 Å². The number of benzene rings is 2. The Morgan fingerprint density at radius 1 is 1.07 bits per heavy atom. The Morgan fingerprint density at radius 2 is 1.73 bits per heavy atom. The van der Waals surface area contributed by atoms with E-state index in [0.29, 0.717) is 17.5 Å². The minimum absolute atomic E-state index is 0.0425. The van der Waals surface area contributed by atoms with E-state index >= 15 is 0 Å². The Bertz CT molecular complexity index is 1720. The van der Waals surface area contributed by atoms with Gasteiger partial charge in [0.15, 0.2) is 11.4 Å². The number of anilines is 1. The van der Waals surface area contributed by atoms with Crippen LogP contribution in [0.15, 0.2) is 35.1 Å². The molecule has 0 aliphatic heterocycles. The van der Waals surface area contributed by atoms with Crippen LogP contribution in [0, 0.1) is 11.8 Å². The minimum atomic E-state index is -2.67. The monoisotopic (exact) mass is 618 g/mol. The first-order chi connectivity index (χ1) is 21.1. The molecule has 240 valence electrons. The number of carbonyl (C=O) groups is 3. The molecule has 45 heavy (non-hydrogen) atoms. The average molecular weight is 619 g/mol. The summed E-state index contributed by atoms with van der Waals surface area (Å²) in [6, 6.07) is 4.76. The maximum Gasteiger partial charge on any atom is 0.255 e. The van der Waals surface area contributed by atoms with Gasteiger partial charge in [0.25, 0.3) is 5.91 Å². The van der Waals surface area contributed by atoms with Gasteiger partial charge in [0.1, 0.15) is 22.8 Å². The second-order valence-corrected chi connectivity index (χ2v) is 13.9. The fourth-order valence-corrected chi connectivity index (χ4v) is 8.41. The summed E-state index contributed by atoms with van der Waals surface area (Å²) < 4.78 is 0. The van der Waals surface area contributed by atoms with Crippen molar-refractivity contribution in [1.82, 2.24) is 10.2 Å². The third-order valence-electron chi connectivity index (χ3n) is 10.6. The van der Waals surface area contributed by atoms with Gasteiger partial charge >= 0.3 is 0 Å². The maximum atomic E-state index is 14.2. The Morgan fingerprint density at radius 3 is 2.33 bits per heavy atom. The number of carbonyl (C=O) groups excluding carboxylic acids is 3. The van der Waals surface area contributed by atoms with E-state index in [1.807, 2.05) is 37.2 Å². The molecule has 0 radical (unpaired) electrons. The molecule has 11 nitrogen and oxygen atoms in total. The van der Waals surface area contributed by atoms with E-state index in [4.69, 9.17) is 5.73 Å². The lowest BCUT2D eigenvalue weighted by atomic mass is 9.57. The van der Waals surface area contributed by atoms with Gasteiger partial charge in [-0.05, 0) is 69.8 Å². The predicted molar refractivity (Wildman–Crippen MR) is 170 cm³/mol. The molecule has 0 unspecified atom stereocenters. The van der Waals surface area contributed by atoms with Crippen molar-refractivity contribution in [2.45, 2.75) is 69.2 Å². The van der Waals surface area contributed by atoms with Gasteiger partial charge in [-0.1, -0.05) is 25.0 Å². The van der Waals surface area contributed by atoms with E-state index in [1.165, 1.54) is 17.7 Å². The summed E-state index contributed by atoms with van der Waals surface area (Å²) in [5.41, 5.74) is 4.30. The van der Waals surface area contributed by atoms with Crippen molar-refractivity contribution in [2.24, 2.45) is 17.6 Å². The van der Waals surface area contributed by atoms with Crippen LogP contribution in [0.2, 0.25) is 0 Å². The van der Waals surface area contributed by atoms with E-state index in [1.54, 1.807) is 14.1 Å². The van der Waals surface area contributed by atoms with Crippen LogP contribution in [0.3, 0.4) is 0 Å². The van der Waals surface area contributed by atoms with Gasteiger partial charge in [-0.2, -0.15) is 0 Å². The van der Waals surface area contributed by atoms with Crippen molar-refractivity contribution < 1.29 is 34.8 Å². The smallest absolute Gasteiger partial charge is 0.255 e. The Balaban J connectivity index is 1.52. The van der Waals surface area contributed by atoms with E-state index in [2.05, 4.69) is 12.2 Å². The summed E-state index contributed by atoms with van der Waals surface area (Å²) in [7, 11) is 6.92. The highest BCUT2D eigenvalue weighted by Crippen LogP contribution is 2.55. The molecular weight excluding hydrogens is 576 g/mol. The molecule has 0 bridgehead atoms. The fraction of sp³-hybridized carbons (Fsp3) is 0.500. The molecule has 1 amide bonds. The number of phenols is 1. The highest BCUT2D eigenvalue weighted by molar-refractivity contribution is 6.24. The number of Topliss-reactive ketones (excluding diaryl/α,β-unsaturated/α-hetero) is 2. The normalized spacial score (nSPS) is 27.6. The van der Waals surface area contributed by atoms with Crippen molar-refractivity contribution in [3.63, 3.8) is 0 Å². The number of nitrogens with two attached hydrogens (primary N) is 1. The zero-order chi connectivity index (χ0) is 32.7. The zero-order valence-electron chi connectivity index (χ0n) is 26.4. The van der Waals surface area contributed by atoms with Gasteiger partial charge in [0.05, 0.1) is 11.6 Å². The van der Waals surface area contributed by atoms with E-state index in [-0.39, 0.29) is 35.3 Å². The van der Waals surface area contributed by atoms with Gasteiger partial charge < -0.3 is 36.4 Å². The topological polar surface area (TPSA) is 177 Å². The van der Waals surface area contributed by atoms with Crippen molar-refractivity contribution in [3.05, 3.63) is 51.8 Å². The van der Waals surface area contributed by atoms with Gasteiger partial charge in [-0.15, -0.1) is 0 Å². The van der Waals surface area contributed by atoms with Crippen LogP contribution in [0.25, 0.3) is 16.5 Å². The molecule has 0 saturated heterocycles. The number of aromatic hydroxyl groups is 1. The van der Waals surface area contributed by atoms with E-state index in [0.717, 1.165) is 29.5 Å². The number of fused-ring (bicyclic) bond motifs is 4. The van der Waals surface area contributed by atoms with Crippen LogP contribution in [0.4, 0.5) is 5.69 Å². The first-order valence-electron chi connectivity index (χ1n) is 15.5. The number of rotatable bonds is 6. The number of nitrogens with zero attached hydrogens (tertiary/aromatic N) is 2. The highest BCUT2D eigenvalue weighted by Gasteiger charge is 2.64. The molecule has 2 saturated carbocycles. The Hall–Kier alpha value is -3.93. The first-order valence-corrected chi connectivity index (χ1v) is 15.5. The average Bonchev–Trinajstić information content (AvgIpc) is 3.40. The molecule has 2 fully saturated rings. The lowest BCUT2D eigenvalue weighted by Crippen LogP contribution is -2.65. The van der Waals surface area contributed by atoms with Crippen LogP contribution < -0.4 is 16.0 Å². The number of hydrogen-bond donors (Lipinski definition) is 6. The molecule has 0 aromatic heterocycles. The molecule has 7 N–H and O–H groups in total. The lowest BCUT2D eigenvalue weighted by molar-refractivity contribution is -0.153. The number of aliphatic hydroxyl groups excluding tert-OH is 2. The van der Waals surface area contributed by atoms with Crippen molar-refractivity contribution >= 4 is 39.7 Å². The summed E-state index contributed by atoms with van der Waals surface area (Å²) in [5, 5.41) is 51.5. The number of ketones is 2. The quantitative estimate of drug-likeness (QED) is 0.264. The molecule has 0 heterocycles. The Kier molecular flexibility index (Phi) is 7.30. The number of nitrogens with one attached hydrogen (secondary N) is 1. The van der Waals surface area contributed by atoms with Crippen molar-refractivity contribution in [3.8, 4) is 5.75 Å². The number of primary amides is 1. The number of amides is 1. The van der Waals surface area contributed by atoms with E-state index < -0.39 is 58.0 Å². The Labute approximate surface area is 262 Å². The van der Waals surface area contributed by atoms with Crippen LogP contribution in [-0.2, 0) is 27.3 Å². The largest absolute Gasteiger partial charge is 0.508 e. The maximum absolute atomic E-state index is 14.2. The number of phenolic OH excluding ortho intramolecular Hbond substituents is 1. The molecule has 0 spiro atoms. The summed E-state index contributed by atoms with van der Waals surface area (Å²) in [5.74, 6) is -6.58. The summed E-state index contributed by atoms with van der Waals surface area (Å²) in [6.07, 6.45) is 4.85. The fourth-order valence-electron chi connectivity index (χ4n) is 8.41. The first kappa shape index (κ1) is 31.1. The summed E-state index contributed by atoms with van der Waals surface area (Å²) in [6.45, 7) is 2.82. The van der Waals surface area contributed by atoms with Gasteiger partial charge in [0.2, 0.25) is 5.78 Å². The third kappa shape index (κ3) is 4.46. The number of aliphatic hydroxyl groups is 3. The molecule has 11 heteroatoms. The second kappa shape index (κ2) is 10.6. The standard InChI is InChI=1S/C34H42N4O7/c1-33(10-6-7-11-33)36-15-16-8-9-18-19(12-16)27(39)23-20(25(18)37(2)3)13-17-14-21-26(38(4)5)29(41)24(32(35)44)31(43)34(21,45)30(42)22(17)28(23)40/h8-9,12,17,21,26,36,39-40,43,45H,6-7,10-11,13-15H2,1-5H3,(H2,35,44)/t17-,21-,26-,34-/m0/s1. The SMILES string of the molecule is CN(C)c1c2c(c(O)c3cc(CNC4(C)CCCC4)ccc13)C(O)=C1C(=O)[C@]3(O)C(O)=C(C(N)=O)C(=O)[C@@H](N(C)C)[C@@H]3C[C@@H]1C2. The van der Waals surface area contributed by atoms with Crippen LogP contribution in [0.5, 0.6) is 5.75 Å². The molecule has 6 rings (SSSR count).